The normalized spacial score (nSPS) is 14.0. The zero-order valence-electron chi connectivity index (χ0n) is 22.4. The molecule has 0 radical (unpaired) electrons. The fourth-order valence-corrected chi connectivity index (χ4v) is 4.90. The van der Waals surface area contributed by atoms with Crippen molar-refractivity contribution in [2.45, 2.75) is 44.7 Å². The Bertz CT molecular complexity index is 1240. The Labute approximate surface area is 222 Å². The first-order valence-electron chi connectivity index (χ1n) is 12.5. The number of ether oxygens (including phenoxy) is 4. The zero-order valence-corrected chi connectivity index (χ0v) is 22.4. The van der Waals surface area contributed by atoms with E-state index in [1.165, 1.54) is 39.6 Å². The summed E-state index contributed by atoms with van der Waals surface area (Å²) in [6.07, 6.45) is 5.27. The largest absolute Gasteiger partial charge is 0.495 e. The number of nitrogens with zero attached hydrogens (tertiary/aromatic N) is 1. The van der Waals surface area contributed by atoms with Gasteiger partial charge in [0.05, 0.1) is 40.4 Å². The molecule has 1 fully saturated rings. The van der Waals surface area contributed by atoms with Crippen LogP contribution in [0.1, 0.15) is 53.4 Å². The van der Waals surface area contributed by atoms with Crippen LogP contribution in [0.25, 0.3) is 0 Å². The van der Waals surface area contributed by atoms with E-state index in [9.17, 15) is 9.59 Å². The minimum Gasteiger partial charge on any atom is -0.495 e. The number of aryl methyl sites for hydroxylation is 1. The summed E-state index contributed by atoms with van der Waals surface area (Å²) in [4.78, 5) is 29.6. The molecule has 0 bridgehead atoms. The van der Waals surface area contributed by atoms with Crippen LogP contribution in [0.5, 0.6) is 23.0 Å². The second-order valence-corrected chi connectivity index (χ2v) is 9.18. The van der Waals surface area contributed by atoms with Crippen LogP contribution in [0, 0.1) is 6.92 Å². The van der Waals surface area contributed by atoms with E-state index in [2.05, 4.69) is 5.32 Å². The summed E-state index contributed by atoms with van der Waals surface area (Å²) in [5.74, 6) is 0.783. The standard InChI is InChI=1S/C29H34N2O7/c1-18-12-13-22(34-2)21(15-18)31(29(33)23-11-8-14-38-23)26(28(32)30-20-9-6-7-10-20)19-16-24(35-3)27(37-5)25(17-19)36-4/h8,11-17,20,26H,6-7,9-10H2,1-5H3,(H,30,32)/t26-/m1/s1. The average Bonchev–Trinajstić information content (AvgIpc) is 3.65. The Kier molecular flexibility index (Phi) is 8.45. The molecule has 0 unspecified atom stereocenters. The lowest BCUT2D eigenvalue weighted by Gasteiger charge is -2.33. The fourth-order valence-electron chi connectivity index (χ4n) is 4.90. The lowest BCUT2D eigenvalue weighted by atomic mass is 10.00. The van der Waals surface area contributed by atoms with E-state index < -0.39 is 11.9 Å². The molecule has 1 aliphatic rings. The summed E-state index contributed by atoms with van der Waals surface area (Å²) in [5, 5.41) is 3.17. The molecule has 9 heteroatoms. The molecule has 0 aliphatic heterocycles. The predicted octanol–water partition coefficient (Wildman–Crippen LogP) is 5.07. The number of hydrogen-bond donors (Lipinski definition) is 1. The molecule has 9 nitrogen and oxygen atoms in total. The molecule has 1 aliphatic carbocycles. The molecule has 2 amide bonds. The summed E-state index contributed by atoms with van der Waals surface area (Å²) >= 11 is 0. The van der Waals surface area contributed by atoms with Gasteiger partial charge in [0, 0.05) is 6.04 Å². The maximum Gasteiger partial charge on any atom is 0.295 e. The van der Waals surface area contributed by atoms with Crippen LogP contribution in [-0.4, -0.2) is 46.3 Å². The summed E-state index contributed by atoms with van der Waals surface area (Å²) < 4.78 is 27.8. The highest BCUT2D eigenvalue weighted by Gasteiger charge is 2.38. The molecule has 1 saturated carbocycles. The molecule has 38 heavy (non-hydrogen) atoms. The molecule has 1 N–H and O–H groups in total. The lowest BCUT2D eigenvalue weighted by Crippen LogP contribution is -2.46. The number of amides is 2. The minimum atomic E-state index is -1.11. The Balaban J connectivity index is 1.96. The highest BCUT2D eigenvalue weighted by molar-refractivity contribution is 6.09. The Morgan fingerprint density at radius 3 is 2.13 bits per heavy atom. The van der Waals surface area contributed by atoms with E-state index in [0.29, 0.717) is 34.2 Å². The van der Waals surface area contributed by atoms with E-state index in [0.717, 1.165) is 31.2 Å². The van der Waals surface area contributed by atoms with Crippen molar-refractivity contribution in [3.63, 3.8) is 0 Å². The van der Waals surface area contributed by atoms with Crippen molar-refractivity contribution < 1.29 is 33.0 Å². The topological polar surface area (TPSA) is 99.5 Å². The molecule has 4 rings (SSSR count). The maximum atomic E-state index is 14.1. The van der Waals surface area contributed by atoms with E-state index in [4.69, 9.17) is 23.4 Å². The van der Waals surface area contributed by atoms with Crippen molar-refractivity contribution in [2.75, 3.05) is 33.3 Å². The van der Waals surface area contributed by atoms with Crippen LogP contribution in [-0.2, 0) is 4.79 Å². The molecular weight excluding hydrogens is 488 g/mol. The maximum absolute atomic E-state index is 14.1. The minimum absolute atomic E-state index is 0.0204. The molecule has 3 aromatic rings. The summed E-state index contributed by atoms with van der Waals surface area (Å²) in [5.41, 5.74) is 1.78. The third-order valence-corrected chi connectivity index (χ3v) is 6.76. The SMILES string of the molecule is COc1ccc(C)cc1N(C(=O)c1ccco1)[C@@H](C(=O)NC1CCCC1)c1cc(OC)c(OC)c(OC)c1. The third kappa shape index (κ3) is 5.41. The van der Waals surface area contributed by atoms with Crippen molar-refractivity contribution in [2.24, 2.45) is 0 Å². The van der Waals surface area contributed by atoms with Gasteiger partial charge in [0.2, 0.25) is 11.7 Å². The first-order chi connectivity index (χ1) is 18.4. The van der Waals surface area contributed by atoms with E-state index in [1.54, 1.807) is 30.3 Å². The molecule has 202 valence electrons. The zero-order chi connectivity index (χ0) is 27.2. The number of benzene rings is 2. The van der Waals surface area contributed by atoms with Gasteiger partial charge in [-0.25, -0.2) is 0 Å². The van der Waals surface area contributed by atoms with Crippen LogP contribution in [0.3, 0.4) is 0 Å². The lowest BCUT2D eigenvalue weighted by molar-refractivity contribution is -0.123. The van der Waals surface area contributed by atoms with Gasteiger partial charge in [0.25, 0.3) is 5.91 Å². The van der Waals surface area contributed by atoms with Crippen molar-refractivity contribution in [3.8, 4) is 23.0 Å². The Hall–Kier alpha value is -4.14. The molecule has 2 aromatic carbocycles. The summed E-state index contributed by atoms with van der Waals surface area (Å²) in [6.45, 7) is 1.91. The van der Waals surface area contributed by atoms with Gasteiger partial charge in [0.15, 0.2) is 17.3 Å². The Morgan fingerprint density at radius 1 is 0.921 bits per heavy atom. The van der Waals surface area contributed by atoms with Crippen LogP contribution >= 0.6 is 0 Å². The van der Waals surface area contributed by atoms with Crippen LogP contribution in [0.2, 0.25) is 0 Å². The van der Waals surface area contributed by atoms with E-state index >= 15 is 0 Å². The monoisotopic (exact) mass is 522 g/mol. The quantitative estimate of drug-likeness (QED) is 0.397. The number of carbonyl (C=O) groups is 2. The van der Waals surface area contributed by atoms with Gasteiger partial charge < -0.3 is 28.7 Å². The van der Waals surface area contributed by atoms with Crippen molar-refractivity contribution in [3.05, 3.63) is 65.6 Å². The Morgan fingerprint density at radius 2 is 1.58 bits per heavy atom. The van der Waals surface area contributed by atoms with Gasteiger partial charge in [-0.05, 0) is 67.3 Å². The molecular formula is C29H34N2O7. The highest BCUT2D eigenvalue weighted by atomic mass is 16.5. The van der Waals surface area contributed by atoms with Crippen LogP contribution in [0.15, 0.2) is 53.1 Å². The first kappa shape index (κ1) is 26.9. The van der Waals surface area contributed by atoms with Gasteiger partial charge in [-0.3, -0.25) is 14.5 Å². The van der Waals surface area contributed by atoms with Gasteiger partial charge in [-0.2, -0.15) is 0 Å². The molecule has 0 saturated heterocycles. The number of hydrogen-bond acceptors (Lipinski definition) is 7. The fraction of sp³-hybridized carbons (Fsp3) is 0.379. The van der Waals surface area contributed by atoms with Gasteiger partial charge >= 0.3 is 0 Å². The second kappa shape index (κ2) is 11.9. The highest BCUT2D eigenvalue weighted by Crippen LogP contribution is 2.43. The van der Waals surface area contributed by atoms with Gasteiger partial charge in [0.1, 0.15) is 11.8 Å². The number of anilines is 1. The summed E-state index contributed by atoms with van der Waals surface area (Å²) in [7, 11) is 6.04. The molecule has 1 heterocycles. The van der Waals surface area contributed by atoms with Crippen molar-refractivity contribution >= 4 is 17.5 Å². The predicted molar refractivity (Wildman–Crippen MR) is 142 cm³/mol. The smallest absolute Gasteiger partial charge is 0.295 e. The average molecular weight is 523 g/mol. The third-order valence-electron chi connectivity index (χ3n) is 6.76. The van der Waals surface area contributed by atoms with Crippen LogP contribution in [0.4, 0.5) is 5.69 Å². The summed E-state index contributed by atoms with van der Waals surface area (Å²) in [6, 6.07) is 10.9. The number of furan rings is 1. The van der Waals surface area contributed by atoms with Gasteiger partial charge in [-0.1, -0.05) is 18.9 Å². The molecule has 1 aromatic heterocycles. The molecule has 1 atom stereocenters. The van der Waals surface area contributed by atoms with Crippen LogP contribution < -0.4 is 29.2 Å². The van der Waals surface area contributed by atoms with E-state index in [1.807, 2.05) is 19.1 Å². The van der Waals surface area contributed by atoms with Gasteiger partial charge in [-0.15, -0.1) is 0 Å². The van der Waals surface area contributed by atoms with Crippen molar-refractivity contribution in [1.82, 2.24) is 5.32 Å². The number of carbonyl (C=O) groups excluding carboxylic acids is 2. The number of methoxy groups -OCH3 is 4. The van der Waals surface area contributed by atoms with E-state index in [-0.39, 0.29) is 17.7 Å². The number of nitrogens with one attached hydrogen (secondary N) is 1. The molecule has 0 spiro atoms. The second-order valence-electron chi connectivity index (χ2n) is 9.18. The number of rotatable bonds is 10. The first-order valence-corrected chi connectivity index (χ1v) is 12.5. The van der Waals surface area contributed by atoms with Crippen molar-refractivity contribution in [1.29, 1.82) is 0 Å².